The highest BCUT2D eigenvalue weighted by Crippen LogP contribution is 2.55. The van der Waals surface area contributed by atoms with Gasteiger partial charge in [-0.3, -0.25) is 10.1 Å². The van der Waals surface area contributed by atoms with Crippen LogP contribution in [0.2, 0.25) is 0 Å². The number of anilines is 2. The van der Waals surface area contributed by atoms with E-state index in [0.717, 1.165) is 44.4 Å². The summed E-state index contributed by atoms with van der Waals surface area (Å²) in [5.74, 6) is 0.429. The number of nitrogens with zero attached hydrogens (tertiary/aromatic N) is 5. The van der Waals surface area contributed by atoms with Crippen molar-refractivity contribution < 1.29 is 4.92 Å². The Bertz CT molecular complexity index is 1890. The molecule has 7 nitrogen and oxygen atoms in total. The molecule has 7 rings (SSSR count). The molecule has 1 unspecified atom stereocenters. The first-order valence-electron chi connectivity index (χ1n) is 14.5. The van der Waals surface area contributed by atoms with Crippen LogP contribution in [-0.4, -0.2) is 15.7 Å². The average Bonchev–Trinajstić information content (AvgIpc) is 3.47. The highest BCUT2D eigenvalue weighted by Gasteiger charge is 2.55. The number of fused-ring (bicyclic) bond motifs is 2. The molecule has 0 amide bonds. The quantitative estimate of drug-likeness (QED) is 0.145. The van der Waals surface area contributed by atoms with Crippen LogP contribution in [0.1, 0.15) is 47.6 Å². The van der Waals surface area contributed by atoms with Gasteiger partial charge in [0.15, 0.2) is 0 Å². The molecular weight excluding hydrogens is 566 g/mol. The number of nitro benzene ring substituents is 1. The molecule has 0 saturated heterocycles. The van der Waals surface area contributed by atoms with Gasteiger partial charge < -0.3 is 0 Å². The van der Waals surface area contributed by atoms with Crippen LogP contribution in [0.4, 0.5) is 17.1 Å². The van der Waals surface area contributed by atoms with Gasteiger partial charge in [0.1, 0.15) is 5.04 Å². The topological polar surface area (TPSA) is 74.3 Å². The van der Waals surface area contributed by atoms with Crippen LogP contribution in [0.5, 0.6) is 0 Å². The van der Waals surface area contributed by atoms with Crippen molar-refractivity contribution in [3.8, 4) is 0 Å². The molecule has 5 aromatic rings. The Kier molecular flexibility index (Phi) is 6.98. The summed E-state index contributed by atoms with van der Waals surface area (Å²) in [4.78, 5) is 10.1. The molecule has 1 spiro atoms. The van der Waals surface area contributed by atoms with Crippen molar-refractivity contribution in [3.05, 3.63) is 171 Å². The van der Waals surface area contributed by atoms with Crippen LogP contribution >= 0.6 is 11.8 Å². The molecule has 5 aromatic carbocycles. The van der Waals surface area contributed by atoms with Gasteiger partial charge in [-0.15, -0.1) is 0 Å². The van der Waals surface area contributed by atoms with Crippen molar-refractivity contribution in [1.29, 1.82) is 0 Å². The van der Waals surface area contributed by atoms with Crippen LogP contribution in [0.3, 0.4) is 0 Å². The maximum atomic E-state index is 11.4. The average molecular weight is 596 g/mol. The summed E-state index contributed by atoms with van der Waals surface area (Å²) in [6, 6.07) is 43.9. The minimum absolute atomic E-state index is 0.0404. The van der Waals surface area contributed by atoms with Gasteiger partial charge in [0.2, 0.25) is 4.99 Å². The fraction of sp³-hybridized carbons (Fsp3) is 0.111. The molecule has 2 aliphatic rings. The zero-order chi connectivity index (χ0) is 30.3. The number of non-ortho nitro benzene ring substituents is 1. The number of hydrazone groups is 2. The van der Waals surface area contributed by atoms with Crippen molar-refractivity contribution in [3.63, 3.8) is 0 Å². The first-order valence-corrected chi connectivity index (χ1v) is 15.3. The second-order valence-electron chi connectivity index (χ2n) is 11.0. The van der Waals surface area contributed by atoms with Gasteiger partial charge in [-0.2, -0.15) is 10.2 Å². The van der Waals surface area contributed by atoms with Crippen molar-refractivity contribution >= 4 is 39.6 Å². The molecule has 44 heavy (non-hydrogen) atoms. The number of benzene rings is 5. The van der Waals surface area contributed by atoms with E-state index < -0.39 is 4.99 Å². The monoisotopic (exact) mass is 595 g/mol. The van der Waals surface area contributed by atoms with E-state index in [2.05, 4.69) is 73.5 Å². The molecule has 1 atom stereocenters. The van der Waals surface area contributed by atoms with E-state index in [4.69, 9.17) is 10.2 Å². The summed E-state index contributed by atoms with van der Waals surface area (Å²) in [5.41, 5.74) is 7.88. The van der Waals surface area contributed by atoms with E-state index >= 15 is 0 Å². The van der Waals surface area contributed by atoms with Gasteiger partial charge in [-0.05, 0) is 59.6 Å². The Morgan fingerprint density at radius 1 is 0.682 bits per heavy atom. The molecule has 2 heterocycles. The maximum Gasteiger partial charge on any atom is 0.269 e. The molecule has 2 aliphatic heterocycles. The minimum Gasteiger partial charge on any atom is -0.258 e. The van der Waals surface area contributed by atoms with Gasteiger partial charge in [-0.25, -0.2) is 10.0 Å². The van der Waals surface area contributed by atoms with Crippen LogP contribution in [0.15, 0.2) is 144 Å². The Morgan fingerprint density at radius 2 is 1.23 bits per heavy atom. The SMILES string of the molecule is CC(C)c1ccc(C2=NN(c3ccccc3)C3(SC(c4ccc([N+](=O)[O-])cc4)=NN3c3ccccc3)c3ccccc32)cc1. The first kappa shape index (κ1) is 27.6. The van der Waals surface area contributed by atoms with Gasteiger partial charge in [0.25, 0.3) is 5.69 Å². The highest BCUT2D eigenvalue weighted by molar-refractivity contribution is 8.15. The lowest BCUT2D eigenvalue weighted by Gasteiger charge is -2.47. The van der Waals surface area contributed by atoms with E-state index in [0.29, 0.717) is 5.92 Å². The van der Waals surface area contributed by atoms with E-state index in [1.54, 1.807) is 23.9 Å². The number of rotatable bonds is 6. The molecule has 0 saturated carbocycles. The lowest BCUT2D eigenvalue weighted by molar-refractivity contribution is -0.384. The highest BCUT2D eigenvalue weighted by atomic mass is 32.2. The summed E-state index contributed by atoms with van der Waals surface area (Å²) in [6.07, 6.45) is 0. The van der Waals surface area contributed by atoms with Crippen LogP contribution < -0.4 is 10.0 Å². The fourth-order valence-electron chi connectivity index (χ4n) is 5.65. The maximum absolute atomic E-state index is 11.4. The fourth-order valence-corrected chi connectivity index (χ4v) is 7.05. The molecule has 8 heteroatoms. The van der Waals surface area contributed by atoms with E-state index in [1.165, 1.54) is 17.7 Å². The molecular formula is C36H29N5O2S. The third kappa shape index (κ3) is 4.64. The van der Waals surface area contributed by atoms with Crippen LogP contribution in [0, 0.1) is 10.1 Å². The lowest BCUT2D eigenvalue weighted by atomic mass is 9.92. The van der Waals surface area contributed by atoms with Gasteiger partial charge >= 0.3 is 0 Å². The predicted molar refractivity (Wildman–Crippen MR) is 179 cm³/mol. The molecule has 216 valence electrons. The summed E-state index contributed by atoms with van der Waals surface area (Å²) in [7, 11) is 0. The third-order valence-electron chi connectivity index (χ3n) is 7.91. The molecule has 0 aliphatic carbocycles. The molecule has 0 fully saturated rings. The Labute approximate surface area is 260 Å². The van der Waals surface area contributed by atoms with Crippen molar-refractivity contribution in [2.45, 2.75) is 24.8 Å². The largest absolute Gasteiger partial charge is 0.269 e. The van der Waals surface area contributed by atoms with Crippen molar-refractivity contribution in [2.24, 2.45) is 10.2 Å². The third-order valence-corrected chi connectivity index (χ3v) is 9.28. The normalized spacial score (nSPS) is 17.4. The Morgan fingerprint density at radius 3 is 1.82 bits per heavy atom. The van der Waals surface area contributed by atoms with Gasteiger partial charge in [0.05, 0.1) is 22.0 Å². The summed E-state index contributed by atoms with van der Waals surface area (Å²) < 4.78 is 0. The van der Waals surface area contributed by atoms with E-state index in [9.17, 15) is 10.1 Å². The summed E-state index contributed by atoms with van der Waals surface area (Å²) in [5, 5.41) is 26.9. The first-order chi connectivity index (χ1) is 21.5. The Hall–Kier alpha value is -5.21. The second-order valence-corrected chi connectivity index (χ2v) is 12.1. The van der Waals surface area contributed by atoms with Gasteiger partial charge in [-0.1, -0.05) is 98.8 Å². The molecule has 0 radical (unpaired) electrons. The van der Waals surface area contributed by atoms with E-state index in [1.807, 2.05) is 59.6 Å². The van der Waals surface area contributed by atoms with Crippen molar-refractivity contribution in [1.82, 2.24) is 0 Å². The van der Waals surface area contributed by atoms with Gasteiger partial charge in [0, 0.05) is 34.4 Å². The van der Waals surface area contributed by atoms with Crippen LogP contribution in [-0.2, 0) is 4.99 Å². The van der Waals surface area contributed by atoms with Crippen LogP contribution in [0.25, 0.3) is 0 Å². The smallest absolute Gasteiger partial charge is 0.258 e. The molecule has 0 bridgehead atoms. The number of thioether (sulfide) groups is 1. The van der Waals surface area contributed by atoms with Crippen molar-refractivity contribution in [2.75, 3.05) is 10.0 Å². The number of hydrogen-bond acceptors (Lipinski definition) is 7. The standard InChI is InChI=1S/C36H29N5O2S/c1-25(2)26-17-19-27(20-18-26)34-32-15-9-10-16-33(32)36(39(37-34)29-11-5-3-6-12-29)40(30-13-7-4-8-14-30)38-35(44-36)28-21-23-31(24-22-28)41(42)43/h3-25H,1-2H3. The number of nitro groups is 1. The zero-order valence-corrected chi connectivity index (χ0v) is 25.1. The predicted octanol–water partition coefficient (Wildman–Crippen LogP) is 8.72. The van der Waals surface area contributed by atoms with E-state index in [-0.39, 0.29) is 10.6 Å². The minimum atomic E-state index is -0.933. The second kappa shape index (κ2) is 11.1. The Balaban J connectivity index is 1.46. The molecule has 0 aromatic heterocycles. The number of para-hydroxylation sites is 2. The molecule has 0 N–H and O–H groups in total. The zero-order valence-electron chi connectivity index (χ0n) is 24.2. The summed E-state index contributed by atoms with van der Waals surface area (Å²) in [6.45, 7) is 4.39. The number of hydrogen-bond donors (Lipinski definition) is 0. The lowest BCUT2D eigenvalue weighted by Crippen LogP contribution is -2.54. The summed E-state index contributed by atoms with van der Waals surface area (Å²) >= 11 is 1.58.